The van der Waals surface area contributed by atoms with Crippen molar-refractivity contribution in [1.29, 1.82) is 0 Å². The third-order valence-electron chi connectivity index (χ3n) is 6.00. The number of carbonyl (C=O) groups is 1. The number of sulfonamides is 1. The highest BCUT2D eigenvalue weighted by Gasteiger charge is 2.34. The van der Waals surface area contributed by atoms with E-state index in [-0.39, 0.29) is 22.5 Å². The van der Waals surface area contributed by atoms with E-state index in [9.17, 15) is 13.2 Å². The van der Waals surface area contributed by atoms with Crippen molar-refractivity contribution in [1.82, 2.24) is 4.90 Å². The van der Waals surface area contributed by atoms with Gasteiger partial charge in [-0.05, 0) is 73.1 Å². The van der Waals surface area contributed by atoms with Gasteiger partial charge in [-0.25, -0.2) is 0 Å². The Morgan fingerprint density at radius 1 is 0.974 bits per heavy atom. The van der Waals surface area contributed by atoms with Crippen LogP contribution in [0, 0.1) is 0 Å². The summed E-state index contributed by atoms with van der Waals surface area (Å²) in [5, 5.41) is 0.537. The zero-order valence-electron chi connectivity index (χ0n) is 22.1. The molecule has 2 aromatic rings. The molecule has 2 aromatic carbocycles. The Labute approximate surface area is 235 Å². The molecule has 0 aromatic heterocycles. The average Bonchev–Trinajstić information content (AvgIpc) is 3.18. The number of nitrogens with zero attached hydrogens (tertiary/aromatic N) is 2. The van der Waals surface area contributed by atoms with Crippen LogP contribution in [0.25, 0.3) is 6.08 Å². The summed E-state index contributed by atoms with van der Waals surface area (Å²) in [5.41, 5.74) is 0.745. The second-order valence-corrected chi connectivity index (χ2v) is 11.9. The molecule has 0 atom stereocenters. The number of rotatable bonds is 14. The predicted octanol–water partition coefficient (Wildman–Crippen LogP) is 7.16. The molecule has 0 spiro atoms. The van der Waals surface area contributed by atoms with E-state index in [2.05, 4.69) is 11.3 Å². The molecule has 10 heteroatoms. The van der Waals surface area contributed by atoms with Crippen molar-refractivity contribution >= 4 is 50.5 Å². The van der Waals surface area contributed by atoms with Gasteiger partial charge < -0.3 is 9.47 Å². The summed E-state index contributed by atoms with van der Waals surface area (Å²) in [4.78, 5) is 14.8. The first-order valence-corrected chi connectivity index (χ1v) is 15.5. The number of amides is 1. The molecule has 1 amide bonds. The Morgan fingerprint density at radius 2 is 1.66 bits per heavy atom. The molecule has 38 heavy (non-hydrogen) atoms. The second-order valence-electron chi connectivity index (χ2n) is 8.84. The molecule has 7 nitrogen and oxygen atoms in total. The molecule has 0 aliphatic carbocycles. The molecule has 1 saturated heterocycles. The maximum atomic E-state index is 13.1. The third-order valence-corrected chi connectivity index (χ3v) is 8.66. The van der Waals surface area contributed by atoms with Gasteiger partial charge in [0.2, 0.25) is 0 Å². The van der Waals surface area contributed by atoms with Gasteiger partial charge in [0, 0.05) is 11.6 Å². The molecule has 1 fully saturated rings. The molecule has 1 aliphatic heterocycles. The van der Waals surface area contributed by atoms with Crippen LogP contribution < -0.4 is 9.47 Å². The van der Waals surface area contributed by atoms with E-state index in [1.54, 1.807) is 26.2 Å². The van der Waals surface area contributed by atoms with Gasteiger partial charge in [0.15, 0.2) is 16.7 Å². The first-order valence-electron chi connectivity index (χ1n) is 12.9. The lowest BCUT2D eigenvalue weighted by atomic mass is 10.1. The number of hydrogen-bond acceptors (Lipinski definition) is 6. The molecular formula is C28H35ClN2O5S2. The van der Waals surface area contributed by atoms with Crippen LogP contribution in [0.5, 0.6) is 11.5 Å². The van der Waals surface area contributed by atoms with E-state index >= 15 is 0 Å². The number of halogens is 1. The van der Waals surface area contributed by atoms with Crippen molar-refractivity contribution in [2.24, 2.45) is 4.40 Å². The topological polar surface area (TPSA) is 85.3 Å². The molecule has 206 valence electrons. The van der Waals surface area contributed by atoms with Gasteiger partial charge >= 0.3 is 0 Å². The van der Waals surface area contributed by atoms with Crippen LogP contribution in [-0.2, 0) is 14.8 Å². The van der Waals surface area contributed by atoms with Crippen LogP contribution in [0.1, 0.15) is 64.4 Å². The lowest BCUT2D eigenvalue weighted by Crippen LogP contribution is -2.29. The Bertz CT molecular complexity index is 1260. The zero-order valence-corrected chi connectivity index (χ0v) is 24.5. The molecular weight excluding hydrogens is 544 g/mol. The summed E-state index contributed by atoms with van der Waals surface area (Å²) in [7, 11) is -2.42. The average molecular weight is 579 g/mol. The number of unbranched alkanes of at least 4 members (excludes halogenated alkanes) is 6. The van der Waals surface area contributed by atoms with E-state index in [0.29, 0.717) is 28.0 Å². The number of carbonyl (C=O) groups excluding carboxylic acids is 1. The van der Waals surface area contributed by atoms with Gasteiger partial charge in [0.05, 0.1) is 23.5 Å². The fourth-order valence-electron chi connectivity index (χ4n) is 3.91. The Kier molecular flexibility index (Phi) is 11.6. The first kappa shape index (κ1) is 30.1. The van der Waals surface area contributed by atoms with Crippen LogP contribution in [0.3, 0.4) is 0 Å². The minimum atomic E-state index is -4.01. The van der Waals surface area contributed by atoms with E-state index in [1.165, 1.54) is 61.3 Å². The first-order chi connectivity index (χ1) is 18.3. The minimum absolute atomic E-state index is 0.00818. The van der Waals surface area contributed by atoms with Gasteiger partial charge in [-0.2, -0.15) is 8.42 Å². The fraction of sp³-hybridized carbons (Fsp3) is 0.429. The van der Waals surface area contributed by atoms with Gasteiger partial charge in [-0.15, -0.1) is 4.40 Å². The molecule has 0 saturated carbocycles. The monoisotopic (exact) mass is 578 g/mol. The number of methoxy groups -OCH3 is 1. The zero-order chi connectivity index (χ0) is 27.5. The van der Waals surface area contributed by atoms with Crippen LogP contribution in [0.4, 0.5) is 0 Å². The third kappa shape index (κ3) is 8.25. The van der Waals surface area contributed by atoms with Crippen molar-refractivity contribution in [3.05, 3.63) is 58.0 Å². The lowest BCUT2D eigenvalue weighted by Gasteiger charge is -2.12. The Hall–Kier alpha value is -2.49. The molecule has 1 heterocycles. The standard InChI is InChI=1S/C28H35ClN2O5S2/c1-4-6-7-8-9-10-11-18-36-25-19-21(12-17-24(25)35-3)20-26-27(32)31(5-2)28(37-26)30-38(33,34)23-15-13-22(29)14-16-23/h12-17,19-20H,4-11,18H2,1-3H3/b26-20-,30-28+. The number of likely N-dealkylation sites (N-methyl/N-ethyl adjacent to an activating group) is 1. The van der Waals surface area contributed by atoms with Crippen molar-refractivity contribution in [2.75, 3.05) is 20.3 Å². The van der Waals surface area contributed by atoms with E-state index in [1.807, 2.05) is 12.1 Å². The lowest BCUT2D eigenvalue weighted by molar-refractivity contribution is -0.122. The molecule has 0 N–H and O–H groups in total. The second kappa shape index (κ2) is 14.6. The summed E-state index contributed by atoms with van der Waals surface area (Å²) in [6.07, 6.45) is 10.1. The van der Waals surface area contributed by atoms with Crippen LogP contribution in [0.2, 0.25) is 5.02 Å². The summed E-state index contributed by atoms with van der Waals surface area (Å²) < 4.78 is 41.1. The number of thioether (sulfide) groups is 1. The highest BCUT2D eigenvalue weighted by Crippen LogP contribution is 2.35. The molecule has 0 radical (unpaired) electrons. The van der Waals surface area contributed by atoms with Gasteiger partial charge in [-0.1, -0.05) is 63.1 Å². The Balaban J connectivity index is 1.73. The number of benzene rings is 2. The van der Waals surface area contributed by atoms with Crippen LogP contribution >= 0.6 is 23.4 Å². The van der Waals surface area contributed by atoms with Crippen molar-refractivity contribution in [3.8, 4) is 11.5 Å². The summed E-state index contributed by atoms with van der Waals surface area (Å²) in [5.74, 6) is 0.922. The normalized spacial score (nSPS) is 16.0. The van der Waals surface area contributed by atoms with Gasteiger partial charge in [0.1, 0.15) is 0 Å². The van der Waals surface area contributed by atoms with Crippen LogP contribution in [0.15, 0.2) is 56.7 Å². The number of ether oxygens (including phenoxy) is 2. The summed E-state index contributed by atoms with van der Waals surface area (Å²) in [6.45, 7) is 4.86. The summed E-state index contributed by atoms with van der Waals surface area (Å²) >= 11 is 6.90. The number of hydrogen-bond donors (Lipinski definition) is 0. The predicted molar refractivity (Wildman–Crippen MR) is 156 cm³/mol. The molecule has 0 unspecified atom stereocenters. The largest absolute Gasteiger partial charge is 0.493 e. The molecule has 0 bridgehead atoms. The number of amidine groups is 1. The van der Waals surface area contributed by atoms with E-state index in [0.717, 1.165) is 30.2 Å². The van der Waals surface area contributed by atoms with Crippen molar-refractivity contribution in [2.45, 2.75) is 63.7 Å². The fourth-order valence-corrected chi connectivity index (χ4v) is 6.28. The van der Waals surface area contributed by atoms with Crippen molar-refractivity contribution in [3.63, 3.8) is 0 Å². The van der Waals surface area contributed by atoms with Gasteiger partial charge in [-0.3, -0.25) is 9.69 Å². The highest BCUT2D eigenvalue weighted by atomic mass is 35.5. The Morgan fingerprint density at radius 3 is 2.32 bits per heavy atom. The molecule has 3 rings (SSSR count). The SMILES string of the molecule is CCCCCCCCCOc1cc(/C=C2\S/C(=N/S(=O)(=O)c3ccc(Cl)cc3)N(CC)C2=O)ccc1OC. The molecule has 1 aliphatic rings. The van der Waals surface area contributed by atoms with Crippen LogP contribution in [-0.4, -0.2) is 44.7 Å². The van der Waals surface area contributed by atoms with Gasteiger partial charge in [0.25, 0.3) is 15.9 Å². The quantitative estimate of drug-likeness (QED) is 0.175. The van der Waals surface area contributed by atoms with Crippen molar-refractivity contribution < 1.29 is 22.7 Å². The maximum absolute atomic E-state index is 13.1. The highest BCUT2D eigenvalue weighted by molar-refractivity contribution is 8.19. The summed E-state index contributed by atoms with van der Waals surface area (Å²) in [6, 6.07) is 11.2. The maximum Gasteiger partial charge on any atom is 0.284 e. The van der Waals surface area contributed by atoms with E-state index < -0.39 is 10.0 Å². The minimum Gasteiger partial charge on any atom is -0.493 e. The van der Waals surface area contributed by atoms with E-state index in [4.69, 9.17) is 21.1 Å². The smallest absolute Gasteiger partial charge is 0.284 e.